The Morgan fingerprint density at radius 1 is 1.05 bits per heavy atom. The Balaban J connectivity index is 1.48. The Kier molecular flexibility index (Phi) is 3.25. The summed E-state index contributed by atoms with van der Waals surface area (Å²) in [6.07, 6.45) is 2.19. The molecule has 3 aromatic rings. The fourth-order valence-corrected chi connectivity index (χ4v) is 3.11. The molecule has 0 atom stereocenters. The summed E-state index contributed by atoms with van der Waals surface area (Å²) in [4.78, 5) is 10.5. The van der Waals surface area contributed by atoms with Crippen LogP contribution in [0.15, 0.2) is 36.4 Å². The van der Waals surface area contributed by atoms with Crippen LogP contribution in [0.2, 0.25) is 0 Å². The Morgan fingerprint density at radius 2 is 1.86 bits per heavy atom. The molecule has 0 spiro atoms. The molecule has 1 saturated heterocycles. The lowest BCUT2D eigenvalue weighted by Crippen LogP contribution is -2.33. The van der Waals surface area contributed by atoms with E-state index in [0.29, 0.717) is 5.92 Å². The maximum absolute atomic E-state index is 4.74. The molecule has 1 aromatic carbocycles. The maximum Gasteiger partial charge on any atom is 0.151 e. The minimum Gasteiger partial charge on any atom is -0.355 e. The number of aromatic amines is 1. The van der Waals surface area contributed by atoms with E-state index in [0.717, 1.165) is 54.3 Å². The van der Waals surface area contributed by atoms with Crippen LogP contribution in [0.4, 0.5) is 5.82 Å². The van der Waals surface area contributed by atoms with E-state index in [9.17, 15) is 0 Å². The number of aryl methyl sites for hydroxylation is 1. The van der Waals surface area contributed by atoms with Crippen molar-refractivity contribution in [3.8, 4) is 0 Å². The summed E-state index contributed by atoms with van der Waals surface area (Å²) in [6.45, 7) is 3.96. The van der Waals surface area contributed by atoms with Crippen molar-refractivity contribution < 1.29 is 0 Å². The Hall–Kier alpha value is -2.43. The van der Waals surface area contributed by atoms with Gasteiger partial charge in [0.2, 0.25) is 0 Å². The van der Waals surface area contributed by atoms with E-state index in [4.69, 9.17) is 4.98 Å². The van der Waals surface area contributed by atoms with Crippen molar-refractivity contribution in [3.63, 3.8) is 0 Å². The number of fused-ring (bicyclic) bond motifs is 1. The topological polar surface area (TPSA) is 57.7 Å². The first-order valence-corrected chi connectivity index (χ1v) is 7.79. The quantitative estimate of drug-likeness (QED) is 0.789. The molecule has 3 heterocycles. The largest absolute Gasteiger partial charge is 0.355 e. The minimum absolute atomic E-state index is 0.502. The lowest BCUT2D eigenvalue weighted by Gasteiger charge is -2.31. The minimum atomic E-state index is 0.502. The highest BCUT2D eigenvalue weighted by atomic mass is 15.3. The number of imidazole rings is 1. The molecule has 1 fully saturated rings. The summed E-state index contributed by atoms with van der Waals surface area (Å²) in [5, 5.41) is 8.44. The van der Waals surface area contributed by atoms with Crippen LogP contribution in [0.25, 0.3) is 11.0 Å². The van der Waals surface area contributed by atoms with Crippen LogP contribution in [0, 0.1) is 6.92 Å². The van der Waals surface area contributed by atoms with Gasteiger partial charge in [-0.15, -0.1) is 5.10 Å². The van der Waals surface area contributed by atoms with Crippen molar-refractivity contribution in [1.29, 1.82) is 0 Å². The molecule has 112 valence electrons. The third-order valence-corrected chi connectivity index (χ3v) is 4.40. The second kappa shape index (κ2) is 5.40. The number of rotatable bonds is 2. The van der Waals surface area contributed by atoms with Gasteiger partial charge in [0.1, 0.15) is 5.82 Å². The zero-order valence-corrected chi connectivity index (χ0v) is 12.7. The number of para-hydroxylation sites is 2. The third kappa shape index (κ3) is 2.43. The maximum atomic E-state index is 4.74. The van der Waals surface area contributed by atoms with Crippen molar-refractivity contribution in [1.82, 2.24) is 20.2 Å². The molecule has 0 saturated carbocycles. The van der Waals surface area contributed by atoms with Crippen molar-refractivity contribution in [3.05, 3.63) is 47.9 Å². The lowest BCUT2D eigenvalue weighted by molar-refractivity contribution is 0.486. The molecule has 1 N–H and O–H groups in total. The Morgan fingerprint density at radius 3 is 2.59 bits per heavy atom. The summed E-state index contributed by atoms with van der Waals surface area (Å²) in [7, 11) is 0. The summed E-state index contributed by atoms with van der Waals surface area (Å²) in [5.41, 5.74) is 3.15. The van der Waals surface area contributed by atoms with Crippen molar-refractivity contribution >= 4 is 16.9 Å². The molecule has 0 bridgehead atoms. The van der Waals surface area contributed by atoms with Crippen molar-refractivity contribution in [2.24, 2.45) is 0 Å². The molecule has 2 aromatic heterocycles. The second-order valence-corrected chi connectivity index (χ2v) is 5.93. The van der Waals surface area contributed by atoms with Gasteiger partial charge in [-0.25, -0.2) is 4.98 Å². The van der Waals surface area contributed by atoms with Gasteiger partial charge in [-0.3, -0.25) is 0 Å². The van der Waals surface area contributed by atoms with Gasteiger partial charge in [0, 0.05) is 19.0 Å². The van der Waals surface area contributed by atoms with E-state index in [1.807, 2.05) is 25.1 Å². The monoisotopic (exact) mass is 293 g/mol. The number of anilines is 1. The van der Waals surface area contributed by atoms with E-state index >= 15 is 0 Å². The zero-order chi connectivity index (χ0) is 14.9. The van der Waals surface area contributed by atoms with E-state index in [2.05, 4.69) is 38.3 Å². The SMILES string of the molecule is Cc1ccc(N2CCC(c3nc4ccccc4[nH]3)CC2)nn1. The Bertz CT molecular complexity index is 736. The molecule has 1 aliphatic rings. The number of nitrogens with zero attached hydrogens (tertiary/aromatic N) is 4. The van der Waals surface area contributed by atoms with Gasteiger partial charge in [-0.1, -0.05) is 12.1 Å². The van der Waals surface area contributed by atoms with Crippen LogP contribution < -0.4 is 4.90 Å². The lowest BCUT2D eigenvalue weighted by atomic mass is 9.96. The van der Waals surface area contributed by atoms with Gasteiger partial charge >= 0.3 is 0 Å². The van der Waals surface area contributed by atoms with Crippen LogP contribution in [0.1, 0.15) is 30.3 Å². The molecule has 0 unspecified atom stereocenters. The predicted octanol–water partition coefficient (Wildman–Crippen LogP) is 3.05. The van der Waals surface area contributed by atoms with Crippen LogP contribution in [0.5, 0.6) is 0 Å². The molecule has 1 aliphatic heterocycles. The second-order valence-electron chi connectivity index (χ2n) is 5.93. The zero-order valence-electron chi connectivity index (χ0n) is 12.7. The Labute approximate surface area is 129 Å². The number of benzene rings is 1. The van der Waals surface area contributed by atoms with Gasteiger partial charge in [0.15, 0.2) is 5.82 Å². The molecular weight excluding hydrogens is 274 g/mol. The van der Waals surface area contributed by atoms with Gasteiger partial charge < -0.3 is 9.88 Å². The summed E-state index contributed by atoms with van der Waals surface area (Å²) >= 11 is 0. The molecular formula is C17H19N5. The fourth-order valence-electron chi connectivity index (χ4n) is 3.11. The summed E-state index contributed by atoms with van der Waals surface area (Å²) < 4.78 is 0. The summed E-state index contributed by atoms with van der Waals surface area (Å²) in [6, 6.07) is 12.3. The van der Waals surface area contributed by atoms with Crippen LogP contribution in [-0.4, -0.2) is 33.3 Å². The molecule has 0 amide bonds. The van der Waals surface area contributed by atoms with E-state index < -0.39 is 0 Å². The third-order valence-electron chi connectivity index (χ3n) is 4.40. The normalized spacial score (nSPS) is 16.3. The highest BCUT2D eigenvalue weighted by Gasteiger charge is 2.23. The van der Waals surface area contributed by atoms with Crippen molar-refractivity contribution in [2.75, 3.05) is 18.0 Å². The van der Waals surface area contributed by atoms with E-state index in [1.165, 1.54) is 0 Å². The predicted molar refractivity (Wildman–Crippen MR) is 87.1 cm³/mol. The molecule has 5 heteroatoms. The molecule has 4 rings (SSSR count). The number of hydrogen-bond donors (Lipinski definition) is 1. The number of hydrogen-bond acceptors (Lipinski definition) is 4. The first-order valence-electron chi connectivity index (χ1n) is 7.79. The van der Waals surface area contributed by atoms with Gasteiger partial charge in [-0.05, 0) is 44.0 Å². The average molecular weight is 293 g/mol. The van der Waals surface area contributed by atoms with Crippen LogP contribution >= 0.6 is 0 Å². The number of piperidine rings is 1. The van der Waals surface area contributed by atoms with Gasteiger partial charge in [0.05, 0.1) is 16.7 Å². The highest BCUT2D eigenvalue weighted by Crippen LogP contribution is 2.29. The van der Waals surface area contributed by atoms with E-state index in [1.54, 1.807) is 0 Å². The standard InChI is InChI=1S/C17H19N5/c1-12-6-7-16(21-20-12)22-10-8-13(9-11-22)17-18-14-4-2-3-5-15(14)19-17/h2-7,13H,8-11H2,1H3,(H,18,19). The number of aromatic nitrogens is 4. The molecule has 22 heavy (non-hydrogen) atoms. The first kappa shape index (κ1) is 13.2. The first-order chi connectivity index (χ1) is 10.8. The molecule has 0 aliphatic carbocycles. The van der Waals surface area contributed by atoms with Gasteiger partial charge in [-0.2, -0.15) is 5.10 Å². The number of nitrogens with one attached hydrogen (secondary N) is 1. The smallest absolute Gasteiger partial charge is 0.151 e. The molecule has 5 nitrogen and oxygen atoms in total. The van der Waals surface area contributed by atoms with Crippen LogP contribution in [-0.2, 0) is 0 Å². The molecule has 0 radical (unpaired) electrons. The van der Waals surface area contributed by atoms with Crippen molar-refractivity contribution in [2.45, 2.75) is 25.7 Å². The van der Waals surface area contributed by atoms with Crippen LogP contribution in [0.3, 0.4) is 0 Å². The number of H-pyrrole nitrogens is 1. The van der Waals surface area contributed by atoms with Gasteiger partial charge in [0.25, 0.3) is 0 Å². The fraction of sp³-hybridized carbons (Fsp3) is 0.353. The highest BCUT2D eigenvalue weighted by molar-refractivity contribution is 5.74. The van der Waals surface area contributed by atoms with E-state index in [-0.39, 0.29) is 0 Å². The summed E-state index contributed by atoms with van der Waals surface area (Å²) in [5.74, 6) is 2.60. The average Bonchev–Trinajstić information content (AvgIpc) is 3.00.